The fraction of sp³-hybridized carbons (Fsp3) is 0.833. The van der Waals surface area contributed by atoms with E-state index in [-0.39, 0.29) is 10.8 Å². The van der Waals surface area contributed by atoms with E-state index in [1.807, 2.05) is 6.92 Å². The van der Waals surface area contributed by atoms with Crippen LogP contribution in [0.5, 0.6) is 0 Å². The topological polar surface area (TPSA) is 26.3 Å². The fourth-order valence-electron chi connectivity index (χ4n) is 0.396. The van der Waals surface area contributed by atoms with Crippen LogP contribution in [0.4, 0.5) is 0 Å². The minimum absolute atomic E-state index is 0.185. The molecule has 4 heteroatoms. The second-order valence-electron chi connectivity index (χ2n) is 1.73. The van der Waals surface area contributed by atoms with Crippen LogP contribution in [-0.4, -0.2) is 23.3 Å². The minimum atomic E-state index is -0.233. The molecule has 0 N–H and O–H groups in total. The van der Waals surface area contributed by atoms with E-state index in [4.69, 9.17) is 16.3 Å². The van der Waals surface area contributed by atoms with Crippen molar-refractivity contribution in [2.45, 2.75) is 18.2 Å². The number of ether oxygens (including phenoxy) is 1. The smallest absolute Gasteiger partial charge is 0.319 e. The highest BCUT2D eigenvalue weighted by atomic mass is 79.9. The van der Waals surface area contributed by atoms with Crippen molar-refractivity contribution in [2.24, 2.45) is 0 Å². The van der Waals surface area contributed by atoms with Crippen LogP contribution in [0.2, 0.25) is 0 Å². The summed E-state index contributed by atoms with van der Waals surface area (Å²) in [6, 6.07) is 0. The van der Waals surface area contributed by atoms with E-state index in [0.717, 1.165) is 6.42 Å². The Kier molecular flexibility index (Phi) is 6.13. The lowest BCUT2D eigenvalue weighted by Crippen LogP contribution is -2.17. The van der Waals surface area contributed by atoms with Crippen LogP contribution in [0.15, 0.2) is 0 Å². The zero-order valence-electron chi connectivity index (χ0n) is 5.77. The highest BCUT2D eigenvalue weighted by molar-refractivity contribution is 9.10. The van der Waals surface area contributed by atoms with Crippen molar-refractivity contribution in [2.75, 3.05) is 12.5 Å². The fourth-order valence-corrected chi connectivity index (χ4v) is 0.606. The van der Waals surface area contributed by atoms with Crippen LogP contribution in [0.25, 0.3) is 0 Å². The zero-order chi connectivity index (χ0) is 7.98. The van der Waals surface area contributed by atoms with E-state index >= 15 is 0 Å². The van der Waals surface area contributed by atoms with Gasteiger partial charge < -0.3 is 4.74 Å². The molecule has 0 aliphatic carbocycles. The van der Waals surface area contributed by atoms with Crippen molar-refractivity contribution in [3.63, 3.8) is 0 Å². The lowest BCUT2D eigenvalue weighted by molar-refractivity contribution is -0.142. The average Bonchev–Trinajstić information content (AvgIpc) is 1.98. The summed E-state index contributed by atoms with van der Waals surface area (Å²) in [5, 5.41) is 0. The number of carbonyl (C=O) groups excluding carboxylic acids is 1. The van der Waals surface area contributed by atoms with Crippen molar-refractivity contribution in [1.29, 1.82) is 0 Å². The molecule has 0 amide bonds. The summed E-state index contributed by atoms with van der Waals surface area (Å²) in [7, 11) is 0. The average molecular weight is 230 g/mol. The van der Waals surface area contributed by atoms with E-state index < -0.39 is 0 Å². The molecule has 0 aliphatic heterocycles. The quantitative estimate of drug-likeness (QED) is 0.544. The van der Waals surface area contributed by atoms with Gasteiger partial charge in [-0.2, -0.15) is 0 Å². The summed E-state index contributed by atoms with van der Waals surface area (Å²) < 4.78 is 4.73. The van der Waals surface area contributed by atoms with Gasteiger partial charge in [0.25, 0.3) is 0 Å². The Hall–Kier alpha value is 0.240. The van der Waals surface area contributed by atoms with E-state index in [9.17, 15) is 4.79 Å². The summed E-state index contributed by atoms with van der Waals surface area (Å²) in [5.41, 5.74) is 0. The maximum atomic E-state index is 10.8. The van der Waals surface area contributed by atoms with E-state index in [1.165, 1.54) is 0 Å². The third-order valence-corrected chi connectivity index (χ3v) is 2.11. The van der Waals surface area contributed by atoms with Crippen LogP contribution >= 0.6 is 27.5 Å². The number of rotatable bonds is 4. The van der Waals surface area contributed by atoms with Crippen molar-refractivity contribution in [3.8, 4) is 0 Å². The van der Waals surface area contributed by atoms with Gasteiger partial charge in [0.2, 0.25) is 0 Å². The van der Waals surface area contributed by atoms with Gasteiger partial charge in [-0.1, -0.05) is 22.9 Å². The number of halogens is 2. The lowest BCUT2D eigenvalue weighted by atomic mass is 10.3. The molecular weight excluding hydrogens is 219 g/mol. The van der Waals surface area contributed by atoms with E-state index in [1.54, 1.807) is 0 Å². The van der Waals surface area contributed by atoms with Crippen molar-refractivity contribution >= 4 is 33.5 Å². The third-order valence-electron chi connectivity index (χ3n) is 0.936. The van der Waals surface area contributed by atoms with Crippen molar-refractivity contribution in [3.05, 3.63) is 0 Å². The van der Waals surface area contributed by atoms with Gasteiger partial charge in [-0.15, -0.1) is 11.6 Å². The summed E-state index contributed by atoms with van der Waals surface area (Å²) in [5.74, 6) is 0.123. The molecule has 0 fully saturated rings. The third kappa shape index (κ3) is 4.12. The van der Waals surface area contributed by atoms with Crippen LogP contribution in [0.3, 0.4) is 0 Å². The first-order valence-corrected chi connectivity index (χ1v) is 4.54. The number of alkyl halides is 2. The molecule has 1 atom stereocenters. The lowest BCUT2D eigenvalue weighted by Gasteiger charge is -2.05. The normalized spacial score (nSPS) is 12.7. The Balaban J connectivity index is 3.42. The molecule has 0 spiro atoms. The van der Waals surface area contributed by atoms with Gasteiger partial charge in [-0.25, -0.2) is 0 Å². The molecule has 0 bridgehead atoms. The van der Waals surface area contributed by atoms with Gasteiger partial charge >= 0.3 is 5.97 Å². The zero-order valence-corrected chi connectivity index (χ0v) is 8.11. The predicted octanol–water partition coefficient (Wildman–Crippen LogP) is 1.94. The second-order valence-corrected chi connectivity index (χ2v) is 3.22. The van der Waals surface area contributed by atoms with Gasteiger partial charge in [0.05, 0.1) is 5.88 Å². The minimum Gasteiger partial charge on any atom is -0.464 e. The Morgan fingerprint density at radius 3 is 2.80 bits per heavy atom. The Bertz CT molecular complexity index is 108. The maximum absolute atomic E-state index is 10.8. The van der Waals surface area contributed by atoms with Crippen LogP contribution in [0.1, 0.15) is 13.3 Å². The molecule has 0 radical (unpaired) electrons. The van der Waals surface area contributed by atoms with Gasteiger partial charge in [0.1, 0.15) is 11.4 Å². The molecular formula is C6H10BrClO2. The Morgan fingerprint density at radius 2 is 2.40 bits per heavy atom. The highest BCUT2D eigenvalue weighted by Crippen LogP contribution is 2.05. The first-order valence-electron chi connectivity index (χ1n) is 3.09. The molecule has 10 heavy (non-hydrogen) atoms. The largest absolute Gasteiger partial charge is 0.464 e. The second kappa shape index (κ2) is 5.98. The first kappa shape index (κ1) is 10.2. The molecule has 0 saturated heterocycles. The van der Waals surface area contributed by atoms with Crippen molar-refractivity contribution < 1.29 is 9.53 Å². The van der Waals surface area contributed by atoms with Crippen molar-refractivity contribution in [1.82, 2.24) is 0 Å². The molecule has 0 aliphatic rings. The summed E-state index contributed by atoms with van der Waals surface area (Å²) in [6.07, 6.45) is 0.737. The van der Waals surface area contributed by atoms with Gasteiger partial charge in [-0.3, -0.25) is 4.79 Å². The molecule has 0 aromatic heterocycles. The first-order chi connectivity index (χ1) is 4.72. The van der Waals surface area contributed by atoms with Gasteiger partial charge in [-0.05, 0) is 6.42 Å². The molecule has 0 aromatic rings. The Labute approximate surface area is 74.0 Å². The summed E-state index contributed by atoms with van der Waals surface area (Å²) >= 11 is 8.46. The molecule has 0 rings (SSSR count). The molecule has 0 aromatic carbocycles. The maximum Gasteiger partial charge on any atom is 0.319 e. The SMILES string of the molecule is CCC(Br)C(=O)OCCCl. The molecule has 0 heterocycles. The molecule has 0 saturated carbocycles. The predicted molar refractivity (Wildman–Crippen MR) is 44.7 cm³/mol. The molecule has 60 valence electrons. The number of carbonyl (C=O) groups is 1. The number of hydrogen-bond acceptors (Lipinski definition) is 2. The molecule has 1 unspecified atom stereocenters. The number of esters is 1. The van der Waals surface area contributed by atoms with E-state index in [0.29, 0.717) is 12.5 Å². The van der Waals surface area contributed by atoms with Gasteiger partial charge in [0.15, 0.2) is 0 Å². The van der Waals surface area contributed by atoms with Crippen LogP contribution in [0, 0.1) is 0 Å². The molecule has 2 nitrogen and oxygen atoms in total. The summed E-state index contributed by atoms with van der Waals surface area (Å²) in [6.45, 7) is 2.20. The number of hydrogen-bond donors (Lipinski definition) is 0. The van der Waals surface area contributed by atoms with Gasteiger partial charge in [0, 0.05) is 0 Å². The Morgan fingerprint density at radius 1 is 1.80 bits per heavy atom. The highest BCUT2D eigenvalue weighted by Gasteiger charge is 2.12. The van der Waals surface area contributed by atoms with Crippen LogP contribution < -0.4 is 0 Å². The van der Waals surface area contributed by atoms with E-state index in [2.05, 4.69) is 15.9 Å². The summed E-state index contributed by atoms with van der Waals surface area (Å²) in [4.78, 5) is 10.6. The monoisotopic (exact) mass is 228 g/mol. The van der Waals surface area contributed by atoms with Crippen LogP contribution in [-0.2, 0) is 9.53 Å². The standard InChI is InChI=1S/C6H10BrClO2/c1-2-5(7)6(9)10-4-3-8/h5H,2-4H2,1H3.